The van der Waals surface area contributed by atoms with E-state index < -0.39 is 6.17 Å². The Morgan fingerprint density at radius 3 is 2.00 bits per heavy atom. The summed E-state index contributed by atoms with van der Waals surface area (Å²) in [4.78, 5) is 1.04. The fourth-order valence-electron chi connectivity index (χ4n) is 3.34. The van der Waals surface area contributed by atoms with Crippen LogP contribution in [-0.4, -0.2) is 6.17 Å². The SMILES string of the molecule is C=C(N)Nc1c(CCC)cc(CC(C)F)cc1CCC.CC(C)(C)c1cc(F)c(SN)s1. The van der Waals surface area contributed by atoms with Crippen LogP contribution in [0.3, 0.4) is 0 Å². The minimum Gasteiger partial charge on any atom is -0.386 e. The quantitative estimate of drug-likeness (QED) is 0.323. The van der Waals surface area contributed by atoms with Crippen LogP contribution in [-0.2, 0) is 24.7 Å². The van der Waals surface area contributed by atoms with Crippen LogP contribution in [0.1, 0.15) is 76.0 Å². The first-order chi connectivity index (χ1) is 14.9. The molecule has 32 heavy (non-hydrogen) atoms. The molecular weight excluding hydrogens is 444 g/mol. The van der Waals surface area contributed by atoms with Crippen molar-refractivity contribution in [1.29, 1.82) is 0 Å². The van der Waals surface area contributed by atoms with Gasteiger partial charge >= 0.3 is 0 Å². The second-order valence-electron chi connectivity index (χ2n) is 9.04. The topological polar surface area (TPSA) is 64.1 Å². The molecule has 1 heterocycles. The molecule has 0 amide bonds. The maximum atomic E-state index is 13.3. The number of nitrogens with one attached hydrogen (secondary N) is 1. The summed E-state index contributed by atoms with van der Waals surface area (Å²) < 4.78 is 26.9. The van der Waals surface area contributed by atoms with E-state index in [0.717, 1.165) is 53.8 Å². The van der Waals surface area contributed by atoms with E-state index in [1.807, 2.05) is 0 Å². The molecule has 5 N–H and O–H groups in total. The minimum absolute atomic E-state index is 0.0134. The summed E-state index contributed by atoms with van der Waals surface area (Å²) in [5.41, 5.74) is 10.3. The molecule has 3 nitrogen and oxygen atoms in total. The first-order valence-corrected chi connectivity index (χ1v) is 12.8. The van der Waals surface area contributed by atoms with Crippen molar-refractivity contribution in [2.45, 2.75) is 89.4 Å². The molecule has 1 unspecified atom stereocenters. The Morgan fingerprint density at radius 1 is 1.16 bits per heavy atom. The van der Waals surface area contributed by atoms with Crippen LogP contribution >= 0.6 is 23.3 Å². The number of halogens is 2. The summed E-state index contributed by atoms with van der Waals surface area (Å²) in [6.07, 6.45) is 3.67. The number of hydrogen-bond donors (Lipinski definition) is 3. The summed E-state index contributed by atoms with van der Waals surface area (Å²) in [6.45, 7) is 15.8. The Labute approximate surface area is 201 Å². The van der Waals surface area contributed by atoms with Gasteiger partial charge in [0.15, 0.2) is 0 Å². The molecule has 0 radical (unpaired) electrons. The van der Waals surface area contributed by atoms with Gasteiger partial charge in [0.2, 0.25) is 0 Å². The number of thiophene rings is 1. The van der Waals surface area contributed by atoms with Crippen LogP contribution in [0.15, 0.2) is 34.8 Å². The van der Waals surface area contributed by atoms with Gasteiger partial charge in [-0.15, -0.1) is 11.3 Å². The number of alkyl halides is 1. The largest absolute Gasteiger partial charge is 0.386 e. The van der Waals surface area contributed by atoms with Gasteiger partial charge < -0.3 is 11.1 Å². The van der Waals surface area contributed by atoms with E-state index in [-0.39, 0.29) is 11.2 Å². The smallest absolute Gasteiger partial charge is 0.149 e. The molecule has 0 aliphatic heterocycles. The van der Waals surface area contributed by atoms with E-state index in [0.29, 0.717) is 16.5 Å². The Hall–Kier alpha value is -1.57. The van der Waals surface area contributed by atoms with Gasteiger partial charge in [-0.05, 0) is 59.9 Å². The molecule has 1 aromatic heterocycles. The third kappa shape index (κ3) is 9.12. The molecule has 180 valence electrons. The number of benzene rings is 1. The first kappa shape index (κ1) is 28.5. The lowest BCUT2D eigenvalue weighted by Crippen LogP contribution is -2.12. The van der Waals surface area contributed by atoms with Gasteiger partial charge in [-0.3, -0.25) is 5.14 Å². The number of nitrogens with two attached hydrogens (primary N) is 2. The standard InChI is InChI=1S/C17H27FN2.C8H12FNS2/c1-5-7-15-10-14(9-12(3)18)11-16(8-6-2)17(15)20-13(4)19;1-8(2,3)6-4-5(9)7(11-6)12-10/h10-12,20H,4-9,19H2,1-3H3;4H,10H2,1-3H3. The molecule has 2 aromatic rings. The maximum absolute atomic E-state index is 13.3. The Kier molecular flexibility index (Phi) is 11.8. The van der Waals surface area contributed by atoms with Gasteiger partial charge in [-0.1, -0.05) is 66.2 Å². The van der Waals surface area contributed by atoms with Gasteiger partial charge in [0.25, 0.3) is 0 Å². The van der Waals surface area contributed by atoms with Crippen molar-refractivity contribution in [3.05, 3.63) is 58.0 Å². The van der Waals surface area contributed by atoms with E-state index in [1.165, 1.54) is 22.5 Å². The van der Waals surface area contributed by atoms with Gasteiger partial charge in [-0.2, -0.15) is 0 Å². The van der Waals surface area contributed by atoms with Crippen molar-refractivity contribution in [1.82, 2.24) is 0 Å². The zero-order valence-electron chi connectivity index (χ0n) is 20.3. The molecule has 0 fully saturated rings. The monoisotopic (exact) mass is 483 g/mol. The molecule has 0 bridgehead atoms. The van der Waals surface area contributed by atoms with Crippen molar-refractivity contribution in [3.63, 3.8) is 0 Å². The minimum atomic E-state index is -0.817. The van der Waals surface area contributed by atoms with Crippen LogP contribution in [0.25, 0.3) is 0 Å². The van der Waals surface area contributed by atoms with Crippen molar-refractivity contribution < 1.29 is 8.78 Å². The zero-order valence-corrected chi connectivity index (χ0v) is 21.9. The van der Waals surface area contributed by atoms with Crippen LogP contribution in [0.5, 0.6) is 0 Å². The fraction of sp³-hybridized carbons (Fsp3) is 0.520. The van der Waals surface area contributed by atoms with Gasteiger partial charge in [0.1, 0.15) is 16.2 Å². The van der Waals surface area contributed by atoms with Crippen LogP contribution in [0.4, 0.5) is 14.5 Å². The number of hydrogen-bond acceptors (Lipinski definition) is 5. The second-order valence-corrected chi connectivity index (χ2v) is 11.0. The Balaban J connectivity index is 0.000000363. The molecule has 0 spiro atoms. The van der Waals surface area contributed by atoms with E-state index in [1.54, 1.807) is 13.0 Å². The molecular formula is C25H39F2N3S2. The van der Waals surface area contributed by atoms with Crippen LogP contribution in [0.2, 0.25) is 0 Å². The fourth-order valence-corrected chi connectivity index (χ4v) is 4.80. The molecule has 7 heteroatoms. The number of aryl methyl sites for hydroxylation is 2. The normalized spacial score (nSPS) is 12.2. The van der Waals surface area contributed by atoms with Crippen molar-refractivity contribution in [2.24, 2.45) is 10.9 Å². The Bertz CT molecular complexity index is 844. The predicted octanol–water partition coefficient (Wildman–Crippen LogP) is 7.48. The van der Waals surface area contributed by atoms with Gasteiger partial charge in [0, 0.05) is 17.0 Å². The highest BCUT2D eigenvalue weighted by molar-refractivity contribution is 7.99. The maximum Gasteiger partial charge on any atom is 0.149 e. The van der Waals surface area contributed by atoms with Gasteiger partial charge in [0.05, 0.1) is 5.82 Å². The van der Waals surface area contributed by atoms with Crippen molar-refractivity contribution in [3.8, 4) is 0 Å². The van der Waals surface area contributed by atoms with Crippen LogP contribution < -0.4 is 16.2 Å². The molecule has 0 saturated carbocycles. The van der Waals surface area contributed by atoms with Gasteiger partial charge in [-0.25, -0.2) is 8.78 Å². The average Bonchev–Trinajstić information content (AvgIpc) is 3.06. The number of anilines is 1. The third-order valence-corrected chi connectivity index (χ3v) is 6.98. The molecule has 1 atom stereocenters. The van der Waals surface area contributed by atoms with Crippen molar-refractivity contribution in [2.75, 3.05) is 5.32 Å². The van der Waals surface area contributed by atoms with E-state index in [9.17, 15) is 8.78 Å². The summed E-state index contributed by atoms with van der Waals surface area (Å²) in [7, 11) is 0. The lowest BCUT2D eigenvalue weighted by atomic mass is 9.95. The van der Waals surface area contributed by atoms with Crippen LogP contribution in [0, 0.1) is 5.82 Å². The highest BCUT2D eigenvalue weighted by Crippen LogP contribution is 2.35. The summed E-state index contributed by atoms with van der Waals surface area (Å²) in [6, 6.07) is 5.77. The van der Waals surface area contributed by atoms with E-state index in [2.05, 4.69) is 58.6 Å². The second kappa shape index (κ2) is 13.2. The van der Waals surface area contributed by atoms with Crippen molar-refractivity contribution >= 4 is 29.0 Å². The van der Waals surface area contributed by atoms with E-state index in [4.69, 9.17) is 10.9 Å². The summed E-state index contributed by atoms with van der Waals surface area (Å²) in [5, 5.41) is 8.48. The molecule has 0 aliphatic carbocycles. The highest BCUT2D eigenvalue weighted by atomic mass is 32.2. The highest BCUT2D eigenvalue weighted by Gasteiger charge is 2.19. The molecule has 2 rings (SSSR count). The number of rotatable bonds is 9. The summed E-state index contributed by atoms with van der Waals surface area (Å²) >= 11 is 2.41. The molecule has 0 aliphatic rings. The third-order valence-electron chi connectivity index (χ3n) is 4.70. The lowest BCUT2D eigenvalue weighted by molar-refractivity contribution is 0.360. The summed E-state index contributed by atoms with van der Waals surface area (Å²) in [5.74, 6) is 0.253. The average molecular weight is 484 g/mol. The lowest BCUT2D eigenvalue weighted by Gasteiger charge is -2.18. The Morgan fingerprint density at radius 2 is 1.69 bits per heavy atom. The molecule has 1 aromatic carbocycles. The molecule has 0 saturated heterocycles. The predicted molar refractivity (Wildman–Crippen MR) is 139 cm³/mol. The first-order valence-electron chi connectivity index (χ1n) is 11.1. The van der Waals surface area contributed by atoms with E-state index >= 15 is 0 Å². The zero-order chi connectivity index (χ0) is 24.5.